The van der Waals surface area contributed by atoms with Gasteiger partial charge in [-0.2, -0.15) is 15.0 Å². The van der Waals surface area contributed by atoms with Crippen molar-refractivity contribution in [2.45, 2.75) is 77.9 Å². The average Bonchev–Trinajstić information content (AvgIpc) is 3.31. The molecule has 0 N–H and O–H groups in total. The normalized spacial score (nSPS) is 17.3. The molecule has 0 unspecified atom stereocenters. The third-order valence-corrected chi connectivity index (χ3v) is 10.3. The van der Waals surface area contributed by atoms with Gasteiger partial charge in [-0.15, -0.1) is 0 Å². The number of anilines is 4. The molecule has 0 aliphatic carbocycles. The predicted molar refractivity (Wildman–Crippen MR) is 195 cm³/mol. The van der Waals surface area contributed by atoms with Crippen LogP contribution in [0.25, 0.3) is 22.6 Å². The summed E-state index contributed by atoms with van der Waals surface area (Å²) in [6, 6.07) is 23.7. The van der Waals surface area contributed by atoms with Crippen LogP contribution in [0.5, 0.6) is 5.75 Å². The standard InChI is InChI=1S/C41H44N6O2/c1-7-26-22-31-32(41(4,5)49-40(31,2)3)24-30(26)36-35(48-6)23-29(25-42-36)37-43-38(46-20-12-16-27-14-8-10-18-33(27)46)45-39(44-37)47-21-13-17-28-15-9-11-19-34(28)47/h8-11,14-15,18-19,22-25H,7,12-13,16-17,20-21H2,1-6H3. The van der Waals surface area contributed by atoms with E-state index in [-0.39, 0.29) is 5.60 Å². The van der Waals surface area contributed by atoms with E-state index in [0.717, 1.165) is 73.4 Å². The lowest BCUT2D eigenvalue weighted by Gasteiger charge is -2.32. The summed E-state index contributed by atoms with van der Waals surface area (Å²) in [7, 11) is 1.71. The minimum absolute atomic E-state index is 0.361. The average molecular weight is 653 g/mol. The molecule has 3 aromatic carbocycles. The summed E-state index contributed by atoms with van der Waals surface area (Å²) >= 11 is 0. The molecule has 0 bridgehead atoms. The van der Waals surface area contributed by atoms with Gasteiger partial charge in [-0.25, -0.2) is 0 Å². The number of hydrogen-bond donors (Lipinski definition) is 0. The van der Waals surface area contributed by atoms with Crippen molar-refractivity contribution in [3.05, 3.63) is 101 Å². The number of methoxy groups -OCH3 is 1. The van der Waals surface area contributed by atoms with E-state index in [0.29, 0.717) is 23.5 Å². The Hall–Kier alpha value is -4.82. The number of para-hydroxylation sites is 2. The largest absolute Gasteiger partial charge is 0.494 e. The number of fused-ring (bicyclic) bond motifs is 3. The molecule has 0 radical (unpaired) electrons. The molecule has 0 spiro atoms. The maximum atomic E-state index is 6.51. The van der Waals surface area contributed by atoms with Gasteiger partial charge >= 0.3 is 0 Å². The molecular formula is C41H44N6O2. The fourth-order valence-corrected chi connectivity index (χ4v) is 8.03. The Morgan fingerprint density at radius 2 is 1.33 bits per heavy atom. The van der Waals surface area contributed by atoms with Crippen LogP contribution in [0.4, 0.5) is 23.3 Å². The zero-order valence-corrected chi connectivity index (χ0v) is 29.4. The molecular weight excluding hydrogens is 608 g/mol. The van der Waals surface area contributed by atoms with Gasteiger partial charge in [0.15, 0.2) is 5.82 Å². The second-order valence-corrected chi connectivity index (χ2v) is 14.3. The van der Waals surface area contributed by atoms with E-state index < -0.39 is 5.60 Å². The molecule has 0 saturated heterocycles. The van der Waals surface area contributed by atoms with E-state index >= 15 is 0 Å². The molecule has 0 fully saturated rings. The monoisotopic (exact) mass is 652 g/mol. The Labute approximate surface area is 289 Å². The molecule has 0 saturated carbocycles. The maximum absolute atomic E-state index is 6.51. The van der Waals surface area contributed by atoms with E-state index in [1.165, 1.54) is 27.8 Å². The first-order valence-corrected chi connectivity index (χ1v) is 17.6. The highest BCUT2D eigenvalue weighted by Crippen LogP contribution is 2.49. The first-order chi connectivity index (χ1) is 23.7. The zero-order chi connectivity index (χ0) is 33.9. The van der Waals surface area contributed by atoms with Crippen molar-refractivity contribution in [2.24, 2.45) is 0 Å². The van der Waals surface area contributed by atoms with Crippen LogP contribution < -0.4 is 14.5 Å². The Balaban J connectivity index is 1.27. The molecule has 5 aromatic rings. The van der Waals surface area contributed by atoms with Crippen LogP contribution in [0.3, 0.4) is 0 Å². The molecule has 3 aliphatic rings. The number of aromatic nitrogens is 4. The molecule has 8 heteroatoms. The van der Waals surface area contributed by atoms with Gasteiger partial charge in [0.25, 0.3) is 0 Å². The second-order valence-electron chi connectivity index (χ2n) is 14.3. The first-order valence-electron chi connectivity index (χ1n) is 17.6. The van der Waals surface area contributed by atoms with Crippen molar-refractivity contribution in [2.75, 3.05) is 30.0 Å². The van der Waals surface area contributed by atoms with Crippen molar-refractivity contribution in [1.29, 1.82) is 0 Å². The van der Waals surface area contributed by atoms with Gasteiger partial charge in [-0.1, -0.05) is 49.4 Å². The second kappa shape index (κ2) is 11.9. The highest BCUT2D eigenvalue weighted by molar-refractivity contribution is 5.76. The van der Waals surface area contributed by atoms with Crippen LogP contribution in [0.15, 0.2) is 72.9 Å². The van der Waals surface area contributed by atoms with Crippen molar-refractivity contribution in [3.8, 4) is 28.4 Å². The van der Waals surface area contributed by atoms with Crippen LogP contribution in [0.1, 0.15) is 75.3 Å². The first kappa shape index (κ1) is 31.4. The lowest BCUT2D eigenvalue weighted by Crippen LogP contribution is -2.30. The number of ether oxygens (including phenoxy) is 2. The van der Waals surface area contributed by atoms with Crippen molar-refractivity contribution in [3.63, 3.8) is 0 Å². The molecule has 250 valence electrons. The fourth-order valence-electron chi connectivity index (χ4n) is 8.03. The predicted octanol–water partition coefficient (Wildman–Crippen LogP) is 8.84. The Kier molecular flexibility index (Phi) is 7.67. The number of hydrogen-bond acceptors (Lipinski definition) is 8. The molecule has 8 rings (SSSR count). The van der Waals surface area contributed by atoms with E-state index in [2.05, 4.69) is 105 Å². The van der Waals surface area contributed by atoms with Crippen LogP contribution in [0.2, 0.25) is 0 Å². The number of benzene rings is 3. The lowest BCUT2D eigenvalue weighted by molar-refractivity contribution is -0.105. The van der Waals surface area contributed by atoms with Gasteiger partial charge in [0.2, 0.25) is 11.9 Å². The van der Waals surface area contributed by atoms with E-state index in [1.807, 2.05) is 12.3 Å². The summed E-state index contributed by atoms with van der Waals surface area (Å²) in [6.07, 6.45) is 6.90. The van der Waals surface area contributed by atoms with Gasteiger partial charge < -0.3 is 19.3 Å². The Bertz CT molecular complexity index is 2000. The Morgan fingerprint density at radius 1 is 0.755 bits per heavy atom. The highest BCUT2D eigenvalue weighted by Gasteiger charge is 2.43. The SMILES string of the molecule is CCc1cc2c(cc1-c1ncc(-c3nc(N4CCCc5ccccc54)nc(N4CCCc5ccccc54)n3)cc1OC)C(C)(C)OC2(C)C. The van der Waals surface area contributed by atoms with E-state index in [9.17, 15) is 0 Å². The minimum Gasteiger partial charge on any atom is -0.494 e. The van der Waals surface area contributed by atoms with Gasteiger partial charge in [-0.3, -0.25) is 4.98 Å². The van der Waals surface area contributed by atoms with Crippen LogP contribution >= 0.6 is 0 Å². The van der Waals surface area contributed by atoms with Crippen molar-refractivity contribution < 1.29 is 9.47 Å². The summed E-state index contributed by atoms with van der Waals surface area (Å²) in [4.78, 5) is 25.0. The summed E-state index contributed by atoms with van der Waals surface area (Å²) < 4.78 is 12.6. The van der Waals surface area contributed by atoms with Crippen LogP contribution in [-0.2, 0) is 35.2 Å². The third kappa shape index (κ3) is 5.42. The topological polar surface area (TPSA) is 76.5 Å². The van der Waals surface area contributed by atoms with Crippen molar-refractivity contribution >= 4 is 23.3 Å². The van der Waals surface area contributed by atoms with Gasteiger partial charge in [0.05, 0.1) is 18.3 Å². The quantitative estimate of drug-likeness (QED) is 0.180. The number of aryl methyl sites for hydroxylation is 3. The summed E-state index contributed by atoms with van der Waals surface area (Å²) in [6.45, 7) is 12.4. The molecule has 49 heavy (non-hydrogen) atoms. The number of nitrogens with zero attached hydrogens (tertiary/aromatic N) is 6. The van der Waals surface area contributed by atoms with Gasteiger partial charge in [0, 0.05) is 41.8 Å². The molecule has 2 aromatic heterocycles. The summed E-state index contributed by atoms with van der Waals surface area (Å²) in [5, 5.41) is 0. The number of pyridine rings is 1. The number of rotatable bonds is 6. The van der Waals surface area contributed by atoms with Crippen LogP contribution in [-0.4, -0.2) is 40.1 Å². The van der Waals surface area contributed by atoms with Crippen LogP contribution in [0, 0.1) is 0 Å². The lowest BCUT2D eigenvalue weighted by atomic mass is 9.85. The molecule has 3 aliphatic heterocycles. The smallest absolute Gasteiger partial charge is 0.235 e. The van der Waals surface area contributed by atoms with Crippen molar-refractivity contribution in [1.82, 2.24) is 19.9 Å². The van der Waals surface area contributed by atoms with Gasteiger partial charge in [-0.05, 0) is 112 Å². The third-order valence-electron chi connectivity index (χ3n) is 10.3. The zero-order valence-electron chi connectivity index (χ0n) is 29.4. The maximum Gasteiger partial charge on any atom is 0.235 e. The van der Waals surface area contributed by atoms with E-state index in [4.69, 9.17) is 29.4 Å². The minimum atomic E-state index is -0.412. The molecule has 8 nitrogen and oxygen atoms in total. The molecule has 0 atom stereocenters. The Morgan fingerprint density at radius 3 is 1.90 bits per heavy atom. The molecule has 5 heterocycles. The van der Waals surface area contributed by atoms with E-state index in [1.54, 1.807) is 7.11 Å². The molecule has 0 amide bonds. The highest BCUT2D eigenvalue weighted by atomic mass is 16.5. The summed E-state index contributed by atoms with van der Waals surface area (Å²) in [5.74, 6) is 2.55. The van der Waals surface area contributed by atoms with Gasteiger partial charge in [0.1, 0.15) is 11.4 Å². The fraction of sp³-hybridized carbons (Fsp3) is 0.366. The summed E-state index contributed by atoms with van der Waals surface area (Å²) in [5.41, 5.74) is 10.4.